The number of rotatable bonds is 4. The number of aromatic nitrogens is 6. The van der Waals surface area contributed by atoms with E-state index in [4.69, 9.17) is 4.98 Å². The highest BCUT2D eigenvalue weighted by atomic mass is 19.1. The number of nitrogens with one attached hydrogen (secondary N) is 2. The lowest BCUT2D eigenvalue weighted by molar-refractivity contribution is 0.620. The van der Waals surface area contributed by atoms with Gasteiger partial charge in [-0.15, -0.1) is 0 Å². The van der Waals surface area contributed by atoms with Crippen LogP contribution in [0.2, 0.25) is 0 Å². The Bertz CT molecular complexity index is 1320. The molecule has 0 aliphatic heterocycles. The minimum atomic E-state index is -0.254. The molecule has 5 rings (SSSR count). The van der Waals surface area contributed by atoms with Gasteiger partial charge in [0.1, 0.15) is 23.5 Å². The molecular formula is C21H18FN7. The van der Waals surface area contributed by atoms with Crippen molar-refractivity contribution in [3.8, 4) is 5.69 Å². The van der Waals surface area contributed by atoms with E-state index in [1.807, 2.05) is 41.8 Å². The summed E-state index contributed by atoms with van der Waals surface area (Å²) in [6, 6.07) is 12.8. The molecule has 7 nitrogen and oxygen atoms in total. The predicted octanol–water partition coefficient (Wildman–Crippen LogP) is 4.31. The molecule has 0 bridgehead atoms. The molecule has 0 aliphatic rings. The zero-order valence-corrected chi connectivity index (χ0v) is 15.9. The molecule has 0 aliphatic carbocycles. The second-order valence-electron chi connectivity index (χ2n) is 6.87. The fraction of sp³-hybridized carbons (Fsp3) is 0.143. The van der Waals surface area contributed by atoms with Crippen LogP contribution < -0.4 is 5.32 Å². The smallest absolute Gasteiger partial charge is 0.162 e. The first kappa shape index (κ1) is 17.3. The fourth-order valence-corrected chi connectivity index (χ4v) is 3.59. The Kier molecular flexibility index (Phi) is 3.97. The van der Waals surface area contributed by atoms with Crippen molar-refractivity contribution in [1.29, 1.82) is 0 Å². The summed E-state index contributed by atoms with van der Waals surface area (Å²) >= 11 is 0. The Hall–Kier alpha value is -3.81. The van der Waals surface area contributed by atoms with Gasteiger partial charge in [-0.2, -0.15) is 0 Å². The first-order valence-corrected chi connectivity index (χ1v) is 9.27. The van der Waals surface area contributed by atoms with Gasteiger partial charge in [0, 0.05) is 11.3 Å². The second kappa shape index (κ2) is 6.66. The first-order chi connectivity index (χ1) is 14.1. The minimum absolute atomic E-state index is 0.222. The lowest BCUT2D eigenvalue weighted by Gasteiger charge is -2.17. The van der Waals surface area contributed by atoms with Crippen LogP contribution >= 0.6 is 0 Å². The van der Waals surface area contributed by atoms with Crippen molar-refractivity contribution in [2.75, 3.05) is 5.32 Å². The molecule has 5 aromatic rings. The molecule has 2 aromatic carbocycles. The van der Waals surface area contributed by atoms with Gasteiger partial charge in [0.15, 0.2) is 11.5 Å². The Morgan fingerprint density at radius 2 is 1.90 bits per heavy atom. The Morgan fingerprint density at radius 1 is 1.07 bits per heavy atom. The Balaban J connectivity index is 1.68. The van der Waals surface area contributed by atoms with Crippen molar-refractivity contribution >= 4 is 28.0 Å². The maximum atomic E-state index is 14.4. The van der Waals surface area contributed by atoms with Crippen LogP contribution in [-0.4, -0.2) is 29.5 Å². The number of H-pyrrole nitrogens is 1. The van der Waals surface area contributed by atoms with Crippen molar-refractivity contribution < 1.29 is 4.39 Å². The van der Waals surface area contributed by atoms with Gasteiger partial charge >= 0.3 is 0 Å². The standard InChI is InChI=1S/C21H18FN7/c1-12-15(22)8-9-16-18(12)29(14-6-4-3-5-7-14)21(28-16)13(2)27-20-17-19(24-10-23-17)25-11-26-20/h3-11,13H,1-2H3,(H2,23,24,25,26,27)/t13-/m0/s1. The van der Waals surface area contributed by atoms with E-state index in [2.05, 4.69) is 25.3 Å². The minimum Gasteiger partial charge on any atom is -0.358 e. The predicted molar refractivity (Wildman–Crippen MR) is 109 cm³/mol. The highest BCUT2D eigenvalue weighted by Crippen LogP contribution is 2.30. The third-order valence-electron chi connectivity index (χ3n) is 5.00. The van der Waals surface area contributed by atoms with Crippen LogP contribution in [-0.2, 0) is 0 Å². The van der Waals surface area contributed by atoms with E-state index >= 15 is 0 Å². The Morgan fingerprint density at radius 3 is 2.72 bits per heavy atom. The number of fused-ring (bicyclic) bond motifs is 2. The van der Waals surface area contributed by atoms with E-state index < -0.39 is 0 Å². The molecule has 8 heteroatoms. The number of aryl methyl sites for hydroxylation is 1. The maximum Gasteiger partial charge on any atom is 0.162 e. The van der Waals surface area contributed by atoms with Crippen LogP contribution in [0.25, 0.3) is 27.9 Å². The van der Waals surface area contributed by atoms with E-state index in [-0.39, 0.29) is 11.9 Å². The number of imidazole rings is 2. The largest absolute Gasteiger partial charge is 0.358 e. The van der Waals surface area contributed by atoms with Crippen LogP contribution in [0.15, 0.2) is 55.1 Å². The molecule has 0 saturated heterocycles. The highest BCUT2D eigenvalue weighted by molar-refractivity contribution is 5.83. The average Bonchev–Trinajstić information content (AvgIpc) is 3.37. The number of anilines is 1. The molecule has 0 saturated carbocycles. The summed E-state index contributed by atoms with van der Waals surface area (Å²) in [7, 11) is 0. The summed E-state index contributed by atoms with van der Waals surface area (Å²) < 4.78 is 16.3. The van der Waals surface area contributed by atoms with Crippen molar-refractivity contribution in [1.82, 2.24) is 29.5 Å². The highest BCUT2D eigenvalue weighted by Gasteiger charge is 2.21. The quantitative estimate of drug-likeness (QED) is 0.480. The molecule has 0 fully saturated rings. The molecule has 1 atom stereocenters. The fourth-order valence-electron chi connectivity index (χ4n) is 3.59. The number of halogens is 1. The third kappa shape index (κ3) is 2.80. The van der Waals surface area contributed by atoms with Crippen LogP contribution in [0.5, 0.6) is 0 Å². The maximum absolute atomic E-state index is 14.4. The lowest BCUT2D eigenvalue weighted by Crippen LogP contribution is -2.14. The van der Waals surface area contributed by atoms with Gasteiger partial charge < -0.3 is 10.3 Å². The zero-order valence-electron chi connectivity index (χ0n) is 15.9. The summed E-state index contributed by atoms with van der Waals surface area (Å²) in [4.78, 5) is 20.6. The average molecular weight is 387 g/mol. The van der Waals surface area contributed by atoms with E-state index in [9.17, 15) is 4.39 Å². The summed E-state index contributed by atoms with van der Waals surface area (Å²) in [5.74, 6) is 1.11. The second-order valence-corrected chi connectivity index (χ2v) is 6.87. The molecule has 2 N–H and O–H groups in total. The van der Waals surface area contributed by atoms with E-state index in [1.54, 1.807) is 19.3 Å². The number of benzene rings is 2. The monoisotopic (exact) mass is 387 g/mol. The van der Waals surface area contributed by atoms with Gasteiger partial charge in [-0.25, -0.2) is 24.3 Å². The van der Waals surface area contributed by atoms with E-state index in [1.165, 1.54) is 12.4 Å². The molecule has 0 unspecified atom stereocenters. The summed E-state index contributed by atoms with van der Waals surface area (Å²) in [5, 5.41) is 3.38. The van der Waals surface area contributed by atoms with Crippen LogP contribution in [0.3, 0.4) is 0 Å². The van der Waals surface area contributed by atoms with Gasteiger partial charge in [-0.1, -0.05) is 18.2 Å². The molecular weight excluding hydrogens is 369 g/mol. The van der Waals surface area contributed by atoms with Gasteiger partial charge in [0.2, 0.25) is 0 Å². The number of para-hydroxylation sites is 1. The molecule has 144 valence electrons. The first-order valence-electron chi connectivity index (χ1n) is 9.27. The van der Waals surface area contributed by atoms with Crippen molar-refractivity contribution in [3.05, 3.63) is 72.3 Å². The van der Waals surface area contributed by atoms with E-state index in [0.717, 1.165) is 22.5 Å². The molecule has 0 spiro atoms. The van der Waals surface area contributed by atoms with Crippen LogP contribution in [0.1, 0.15) is 24.4 Å². The summed E-state index contributed by atoms with van der Waals surface area (Å²) in [6.07, 6.45) is 3.07. The normalized spacial score (nSPS) is 12.5. The number of nitrogens with zero attached hydrogens (tertiary/aromatic N) is 5. The van der Waals surface area contributed by atoms with Gasteiger partial charge in [-0.05, 0) is 38.1 Å². The van der Waals surface area contributed by atoms with Gasteiger partial charge in [0.05, 0.1) is 23.4 Å². The van der Waals surface area contributed by atoms with Crippen molar-refractivity contribution in [2.45, 2.75) is 19.9 Å². The van der Waals surface area contributed by atoms with Crippen molar-refractivity contribution in [3.63, 3.8) is 0 Å². The number of aromatic amines is 1. The van der Waals surface area contributed by atoms with Crippen LogP contribution in [0.4, 0.5) is 10.2 Å². The lowest BCUT2D eigenvalue weighted by atomic mass is 10.2. The molecule has 29 heavy (non-hydrogen) atoms. The van der Waals surface area contributed by atoms with E-state index in [0.29, 0.717) is 22.5 Å². The summed E-state index contributed by atoms with van der Waals surface area (Å²) in [6.45, 7) is 3.77. The zero-order chi connectivity index (χ0) is 20.0. The topological polar surface area (TPSA) is 84.3 Å². The number of hydrogen-bond donors (Lipinski definition) is 2. The molecule has 0 radical (unpaired) electrons. The Labute approximate surface area is 165 Å². The third-order valence-corrected chi connectivity index (χ3v) is 5.00. The summed E-state index contributed by atoms with van der Waals surface area (Å²) in [5.41, 5.74) is 4.29. The molecule has 0 amide bonds. The SMILES string of the molecule is Cc1c(F)ccc2nc([C@H](C)Nc3ncnc4[nH]cnc34)n(-c3ccccc3)c12. The molecule has 3 heterocycles. The van der Waals surface area contributed by atoms with Crippen molar-refractivity contribution in [2.24, 2.45) is 0 Å². The van der Waals surface area contributed by atoms with Gasteiger partial charge in [-0.3, -0.25) is 4.57 Å². The molecule has 3 aromatic heterocycles. The van der Waals surface area contributed by atoms with Gasteiger partial charge in [0.25, 0.3) is 0 Å². The van der Waals surface area contributed by atoms with Crippen LogP contribution in [0, 0.1) is 12.7 Å². The number of hydrogen-bond acceptors (Lipinski definition) is 5.